The van der Waals surface area contributed by atoms with Crippen molar-refractivity contribution >= 4 is 17.8 Å². The summed E-state index contributed by atoms with van der Waals surface area (Å²) in [6, 6.07) is 18.3. The monoisotopic (exact) mass is 428 g/mol. The van der Waals surface area contributed by atoms with Gasteiger partial charge in [0.2, 0.25) is 0 Å². The first kappa shape index (κ1) is 21.9. The maximum Gasteiger partial charge on any atom is 0.273 e. The van der Waals surface area contributed by atoms with Gasteiger partial charge < -0.3 is 9.47 Å². The van der Waals surface area contributed by atoms with E-state index < -0.39 is 0 Å². The van der Waals surface area contributed by atoms with Crippen LogP contribution >= 0.6 is 0 Å². The Morgan fingerprint density at radius 1 is 1.09 bits per heavy atom. The molecule has 1 aliphatic rings. The summed E-state index contributed by atoms with van der Waals surface area (Å²) in [4.78, 5) is 15.3. The third kappa shape index (κ3) is 4.20. The molecule has 1 atom stereocenters. The van der Waals surface area contributed by atoms with Crippen LogP contribution in [0.25, 0.3) is 5.69 Å². The fraction of sp³-hybridized carbons (Fsp3) is 0.333. The Bertz CT molecular complexity index is 1130. The Labute approximate surface area is 190 Å². The van der Waals surface area contributed by atoms with Crippen molar-refractivity contribution in [1.82, 2.24) is 9.99 Å². The van der Waals surface area contributed by atoms with Crippen LogP contribution in [-0.2, 0) is 0 Å². The highest BCUT2D eigenvalue weighted by molar-refractivity contribution is 5.98. The van der Waals surface area contributed by atoms with Gasteiger partial charge in [0, 0.05) is 29.7 Å². The molecule has 0 saturated heterocycles. The van der Waals surface area contributed by atoms with Crippen LogP contribution in [0.15, 0.2) is 72.1 Å². The third-order valence-corrected chi connectivity index (χ3v) is 6.23. The van der Waals surface area contributed by atoms with Crippen LogP contribution in [0.1, 0.15) is 68.4 Å². The van der Waals surface area contributed by atoms with Crippen LogP contribution < -0.4 is 10.3 Å². The van der Waals surface area contributed by atoms with Gasteiger partial charge in [-0.25, -0.2) is 5.43 Å². The number of fused-ring (bicyclic) bond motifs is 1. The maximum absolute atomic E-state index is 12.8. The largest absolute Gasteiger partial charge is 0.364 e. The topological polar surface area (TPSA) is 49.6 Å². The van der Waals surface area contributed by atoms with Crippen LogP contribution in [0, 0.1) is 0 Å². The van der Waals surface area contributed by atoms with E-state index in [0.29, 0.717) is 17.5 Å². The molecule has 0 spiro atoms. The molecule has 1 amide bonds. The number of carbonyl (C=O) groups is 1. The number of carbonyl (C=O) groups excluding carboxylic acids is 1. The second-order valence-corrected chi connectivity index (χ2v) is 9.51. The van der Waals surface area contributed by atoms with Gasteiger partial charge in [-0.3, -0.25) is 4.79 Å². The van der Waals surface area contributed by atoms with E-state index in [1.54, 1.807) is 6.21 Å². The standard InChI is InChI=1S/C27H32N4O/c1-19(2)31-25-13-12-21(16-23(25)20(3)17-27(31,4)5)18-28-29-26(32)22-10-6-7-11-24(22)30-14-8-9-15-30/h6-16,18-20H,17H2,1-5H3,(H,29,32)/b28-18+. The lowest BCUT2D eigenvalue weighted by molar-refractivity contribution is 0.0955. The van der Waals surface area contributed by atoms with Gasteiger partial charge in [-0.1, -0.05) is 25.1 Å². The van der Waals surface area contributed by atoms with Crippen molar-refractivity contribution in [3.05, 3.63) is 83.7 Å². The second kappa shape index (κ2) is 8.65. The van der Waals surface area contributed by atoms with E-state index in [1.165, 1.54) is 11.3 Å². The zero-order valence-electron chi connectivity index (χ0n) is 19.5. The zero-order valence-corrected chi connectivity index (χ0v) is 19.5. The molecule has 166 valence electrons. The first-order chi connectivity index (χ1) is 15.3. The van der Waals surface area contributed by atoms with Gasteiger partial charge in [-0.05, 0) is 87.6 Å². The highest BCUT2D eigenvalue weighted by Gasteiger charge is 2.37. The summed E-state index contributed by atoms with van der Waals surface area (Å²) in [6.45, 7) is 11.4. The molecule has 1 aliphatic heterocycles. The van der Waals surface area contributed by atoms with Gasteiger partial charge >= 0.3 is 0 Å². The Kier molecular flexibility index (Phi) is 5.92. The van der Waals surface area contributed by atoms with Gasteiger partial charge in [0.25, 0.3) is 5.91 Å². The van der Waals surface area contributed by atoms with E-state index in [4.69, 9.17) is 0 Å². The van der Waals surface area contributed by atoms with E-state index in [9.17, 15) is 4.79 Å². The lowest BCUT2D eigenvalue weighted by Gasteiger charge is -2.50. The average molecular weight is 429 g/mol. The van der Waals surface area contributed by atoms with Gasteiger partial charge in [0.05, 0.1) is 17.5 Å². The lowest BCUT2D eigenvalue weighted by atomic mass is 9.79. The minimum absolute atomic E-state index is 0.122. The van der Waals surface area contributed by atoms with Crippen molar-refractivity contribution in [2.45, 2.75) is 58.5 Å². The molecule has 5 nitrogen and oxygen atoms in total. The van der Waals surface area contributed by atoms with E-state index >= 15 is 0 Å². The normalized spacial score (nSPS) is 17.6. The summed E-state index contributed by atoms with van der Waals surface area (Å²) >= 11 is 0. The molecule has 2 aromatic carbocycles. The Balaban J connectivity index is 1.54. The second-order valence-electron chi connectivity index (χ2n) is 9.51. The predicted molar refractivity (Wildman–Crippen MR) is 132 cm³/mol. The van der Waals surface area contributed by atoms with Crippen LogP contribution in [0.5, 0.6) is 0 Å². The molecule has 0 fully saturated rings. The van der Waals surface area contributed by atoms with Crippen molar-refractivity contribution in [1.29, 1.82) is 0 Å². The first-order valence-electron chi connectivity index (χ1n) is 11.3. The van der Waals surface area contributed by atoms with Crippen molar-refractivity contribution in [3.8, 4) is 5.69 Å². The molecule has 1 unspecified atom stereocenters. The number of nitrogens with one attached hydrogen (secondary N) is 1. The van der Waals surface area contributed by atoms with E-state index in [-0.39, 0.29) is 11.4 Å². The van der Waals surface area contributed by atoms with Crippen LogP contribution in [0.4, 0.5) is 5.69 Å². The molecule has 0 radical (unpaired) electrons. The fourth-order valence-corrected chi connectivity index (χ4v) is 5.14. The lowest BCUT2D eigenvalue weighted by Crippen LogP contribution is -2.51. The smallest absolute Gasteiger partial charge is 0.273 e. The number of para-hydroxylation sites is 1. The summed E-state index contributed by atoms with van der Waals surface area (Å²) in [7, 11) is 0. The number of nitrogens with zero attached hydrogens (tertiary/aromatic N) is 3. The highest BCUT2D eigenvalue weighted by Crippen LogP contribution is 2.44. The summed E-state index contributed by atoms with van der Waals surface area (Å²) in [5, 5.41) is 4.25. The quantitative estimate of drug-likeness (QED) is 0.416. The number of anilines is 1. The van der Waals surface area contributed by atoms with Gasteiger partial charge in [-0.15, -0.1) is 0 Å². The highest BCUT2D eigenvalue weighted by atomic mass is 16.2. The Hall–Kier alpha value is -3.34. The van der Waals surface area contributed by atoms with Crippen LogP contribution in [-0.4, -0.2) is 28.3 Å². The minimum atomic E-state index is -0.232. The number of hydrogen-bond acceptors (Lipinski definition) is 3. The maximum atomic E-state index is 12.8. The molecule has 1 aromatic heterocycles. The third-order valence-electron chi connectivity index (χ3n) is 6.23. The van der Waals surface area contributed by atoms with E-state index in [1.807, 2.05) is 53.4 Å². The van der Waals surface area contributed by atoms with E-state index in [2.05, 4.69) is 68.2 Å². The number of rotatable bonds is 5. The molecule has 0 bridgehead atoms. The Morgan fingerprint density at radius 2 is 1.81 bits per heavy atom. The molecule has 32 heavy (non-hydrogen) atoms. The van der Waals surface area contributed by atoms with Crippen molar-refractivity contribution in [2.24, 2.45) is 5.10 Å². The first-order valence-corrected chi connectivity index (χ1v) is 11.3. The number of hydrogen-bond donors (Lipinski definition) is 1. The minimum Gasteiger partial charge on any atom is -0.364 e. The number of hydrazone groups is 1. The average Bonchev–Trinajstić information content (AvgIpc) is 3.28. The van der Waals surface area contributed by atoms with Gasteiger partial charge in [0.15, 0.2) is 0 Å². The molecule has 4 rings (SSSR count). The zero-order chi connectivity index (χ0) is 22.9. The van der Waals surface area contributed by atoms with Crippen molar-refractivity contribution in [3.63, 3.8) is 0 Å². The predicted octanol–water partition coefficient (Wildman–Crippen LogP) is 5.74. The Morgan fingerprint density at radius 3 is 2.53 bits per heavy atom. The number of benzene rings is 2. The van der Waals surface area contributed by atoms with Gasteiger partial charge in [-0.2, -0.15) is 5.10 Å². The van der Waals surface area contributed by atoms with Gasteiger partial charge in [0.1, 0.15) is 0 Å². The van der Waals surface area contributed by atoms with E-state index in [0.717, 1.165) is 17.7 Å². The molecule has 3 aromatic rings. The van der Waals surface area contributed by atoms with Crippen LogP contribution in [0.2, 0.25) is 0 Å². The molecular formula is C27H32N4O. The fourth-order valence-electron chi connectivity index (χ4n) is 5.14. The van der Waals surface area contributed by atoms with Crippen LogP contribution in [0.3, 0.4) is 0 Å². The molecular weight excluding hydrogens is 396 g/mol. The number of amides is 1. The molecule has 2 heterocycles. The summed E-state index contributed by atoms with van der Waals surface area (Å²) in [5.74, 6) is 0.232. The summed E-state index contributed by atoms with van der Waals surface area (Å²) in [6.07, 6.45) is 6.67. The molecule has 5 heteroatoms. The van der Waals surface area contributed by atoms with Crippen molar-refractivity contribution in [2.75, 3.05) is 4.90 Å². The summed E-state index contributed by atoms with van der Waals surface area (Å²) < 4.78 is 1.92. The molecule has 0 aliphatic carbocycles. The van der Waals surface area contributed by atoms with Crippen molar-refractivity contribution < 1.29 is 4.79 Å². The SMILES string of the molecule is CC1CC(C)(C)N(C(C)C)c2ccc(/C=N/NC(=O)c3ccccc3-n3cccc3)cc21. The molecule has 0 saturated carbocycles. The summed E-state index contributed by atoms with van der Waals surface area (Å²) in [5.41, 5.74) is 7.83. The molecule has 1 N–H and O–H groups in total. The number of aromatic nitrogens is 1.